The van der Waals surface area contributed by atoms with Crippen molar-refractivity contribution in [3.63, 3.8) is 0 Å². The molecule has 2 atom stereocenters. The molecule has 2 saturated heterocycles. The lowest BCUT2D eigenvalue weighted by Crippen LogP contribution is -2.53. The summed E-state index contributed by atoms with van der Waals surface area (Å²) < 4.78 is 32.0. The van der Waals surface area contributed by atoms with Gasteiger partial charge in [-0.25, -0.2) is 8.78 Å². The van der Waals surface area contributed by atoms with Gasteiger partial charge >= 0.3 is 0 Å². The number of halogens is 2. The van der Waals surface area contributed by atoms with Crippen LogP contribution in [0.25, 0.3) is 0 Å². The summed E-state index contributed by atoms with van der Waals surface area (Å²) in [5, 5.41) is 0. The van der Waals surface area contributed by atoms with E-state index in [4.69, 9.17) is 4.74 Å². The average molecular weight is 395 g/mol. The van der Waals surface area contributed by atoms with Gasteiger partial charge in [0, 0.05) is 39.8 Å². The van der Waals surface area contributed by atoms with Crippen LogP contribution < -0.4 is 0 Å². The van der Waals surface area contributed by atoms with Crippen molar-refractivity contribution in [2.75, 3.05) is 46.4 Å². The van der Waals surface area contributed by atoms with Crippen molar-refractivity contribution in [3.8, 4) is 0 Å². The molecule has 0 aliphatic carbocycles. The second-order valence-corrected chi connectivity index (χ2v) is 7.46. The molecule has 2 aliphatic rings. The first-order valence-corrected chi connectivity index (χ1v) is 9.70. The molecule has 8 heteroatoms. The summed E-state index contributed by atoms with van der Waals surface area (Å²) in [7, 11) is 1.66. The van der Waals surface area contributed by atoms with Crippen molar-refractivity contribution in [3.05, 3.63) is 35.4 Å². The molecule has 0 N–H and O–H groups in total. The van der Waals surface area contributed by atoms with Crippen molar-refractivity contribution in [1.29, 1.82) is 0 Å². The van der Waals surface area contributed by atoms with Crippen LogP contribution in [0.3, 0.4) is 0 Å². The van der Waals surface area contributed by atoms with E-state index in [0.29, 0.717) is 38.3 Å². The highest BCUT2D eigenvalue weighted by molar-refractivity contribution is 5.81. The molecular formula is C20H27F2N3O3. The number of piperazine rings is 1. The number of benzene rings is 1. The molecule has 6 nitrogen and oxygen atoms in total. The maximum absolute atomic E-state index is 13.5. The van der Waals surface area contributed by atoms with Gasteiger partial charge in [0.25, 0.3) is 5.91 Å². The maximum atomic E-state index is 13.5. The van der Waals surface area contributed by atoms with Crippen molar-refractivity contribution < 1.29 is 23.1 Å². The number of amides is 2. The number of carbonyl (C=O) groups is 2. The SMILES string of the molecule is CC(c1ccc(F)c(F)c1)N(C)C(=O)CN1CCN(C(=O)C2CCCO2)CC1. The van der Waals surface area contributed by atoms with Crippen LogP contribution in [0, 0.1) is 11.6 Å². The number of rotatable bonds is 5. The highest BCUT2D eigenvalue weighted by Crippen LogP contribution is 2.21. The lowest BCUT2D eigenvalue weighted by atomic mass is 10.1. The van der Waals surface area contributed by atoms with Gasteiger partial charge in [-0.3, -0.25) is 14.5 Å². The van der Waals surface area contributed by atoms with E-state index in [1.54, 1.807) is 14.0 Å². The van der Waals surface area contributed by atoms with Gasteiger partial charge in [-0.15, -0.1) is 0 Å². The zero-order valence-electron chi connectivity index (χ0n) is 16.4. The molecular weight excluding hydrogens is 368 g/mol. The smallest absolute Gasteiger partial charge is 0.251 e. The summed E-state index contributed by atoms with van der Waals surface area (Å²) in [4.78, 5) is 30.4. The second-order valence-electron chi connectivity index (χ2n) is 7.46. The summed E-state index contributed by atoms with van der Waals surface area (Å²) in [5.41, 5.74) is 0.543. The van der Waals surface area contributed by atoms with Gasteiger partial charge in [0.1, 0.15) is 6.10 Å². The maximum Gasteiger partial charge on any atom is 0.251 e. The quantitative estimate of drug-likeness (QED) is 0.763. The summed E-state index contributed by atoms with van der Waals surface area (Å²) in [6, 6.07) is 3.32. The molecule has 0 radical (unpaired) electrons. The molecule has 28 heavy (non-hydrogen) atoms. The highest BCUT2D eigenvalue weighted by Gasteiger charge is 2.31. The molecule has 0 bridgehead atoms. The molecule has 1 aromatic carbocycles. The van der Waals surface area contributed by atoms with Gasteiger partial charge in [0.2, 0.25) is 5.91 Å². The van der Waals surface area contributed by atoms with Crippen molar-refractivity contribution in [2.45, 2.75) is 31.9 Å². The molecule has 2 unspecified atom stereocenters. The fourth-order valence-corrected chi connectivity index (χ4v) is 3.62. The Balaban J connectivity index is 1.49. The minimum atomic E-state index is -0.919. The molecule has 0 saturated carbocycles. The molecule has 154 valence electrons. The zero-order valence-corrected chi connectivity index (χ0v) is 16.4. The van der Waals surface area contributed by atoms with Crippen LogP contribution in [-0.4, -0.2) is 79.0 Å². The monoisotopic (exact) mass is 395 g/mol. The molecule has 1 aromatic rings. The lowest BCUT2D eigenvalue weighted by Gasteiger charge is -2.36. The minimum absolute atomic E-state index is 0.0487. The van der Waals surface area contributed by atoms with Crippen LogP contribution in [0.15, 0.2) is 18.2 Å². The number of hydrogen-bond donors (Lipinski definition) is 0. The number of likely N-dealkylation sites (N-methyl/N-ethyl adjacent to an activating group) is 1. The second kappa shape index (κ2) is 8.96. The van der Waals surface area contributed by atoms with E-state index < -0.39 is 11.6 Å². The molecule has 2 amide bonds. The number of hydrogen-bond acceptors (Lipinski definition) is 4. The lowest BCUT2D eigenvalue weighted by molar-refractivity contribution is -0.143. The Labute approximate surface area is 164 Å². The molecule has 3 rings (SSSR count). The Morgan fingerprint density at radius 3 is 2.54 bits per heavy atom. The van der Waals surface area contributed by atoms with Crippen LogP contribution in [0.1, 0.15) is 31.4 Å². The van der Waals surface area contributed by atoms with Crippen molar-refractivity contribution in [2.24, 2.45) is 0 Å². The van der Waals surface area contributed by atoms with E-state index in [0.717, 1.165) is 25.0 Å². The van der Waals surface area contributed by atoms with E-state index in [9.17, 15) is 18.4 Å². The summed E-state index contributed by atoms with van der Waals surface area (Å²) >= 11 is 0. The first-order valence-electron chi connectivity index (χ1n) is 9.70. The van der Waals surface area contributed by atoms with E-state index in [1.165, 1.54) is 11.0 Å². The van der Waals surface area contributed by atoms with Gasteiger partial charge in [-0.05, 0) is 37.5 Å². The molecule has 2 heterocycles. The van der Waals surface area contributed by atoms with Crippen LogP contribution in [-0.2, 0) is 14.3 Å². The Hall–Kier alpha value is -2.06. The molecule has 2 aliphatic heterocycles. The van der Waals surface area contributed by atoms with Crippen LogP contribution in [0.4, 0.5) is 8.78 Å². The standard InChI is InChI=1S/C20H27F2N3O3/c1-14(15-5-6-16(21)17(22)12-15)23(2)19(26)13-24-7-9-25(10-8-24)20(27)18-4-3-11-28-18/h5-6,12,14,18H,3-4,7-11,13H2,1-2H3. The van der Waals surface area contributed by atoms with Crippen molar-refractivity contribution in [1.82, 2.24) is 14.7 Å². The molecule has 2 fully saturated rings. The third-order valence-electron chi connectivity index (χ3n) is 5.65. The minimum Gasteiger partial charge on any atom is -0.368 e. The Morgan fingerprint density at radius 2 is 1.93 bits per heavy atom. The Morgan fingerprint density at radius 1 is 1.21 bits per heavy atom. The summed E-state index contributed by atoms with van der Waals surface area (Å²) in [6.07, 6.45) is 1.40. The van der Waals surface area contributed by atoms with Gasteiger partial charge in [-0.1, -0.05) is 6.07 Å². The van der Waals surface area contributed by atoms with E-state index in [-0.39, 0.29) is 30.5 Å². The highest BCUT2D eigenvalue weighted by atomic mass is 19.2. The summed E-state index contributed by atoms with van der Waals surface area (Å²) in [6.45, 7) is 5.06. The van der Waals surface area contributed by atoms with Crippen LogP contribution in [0.2, 0.25) is 0 Å². The zero-order chi connectivity index (χ0) is 20.3. The Bertz CT molecular complexity index is 717. The first kappa shape index (κ1) is 20.7. The van der Waals surface area contributed by atoms with E-state index in [2.05, 4.69) is 0 Å². The third-order valence-corrected chi connectivity index (χ3v) is 5.65. The van der Waals surface area contributed by atoms with Gasteiger partial charge in [0.15, 0.2) is 11.6 Å². The predicted octanol–water partition coefficient (Wildman–Crippen LogP) is 1.81. The number of nitrogens with zero attached hydrogens (tertiary/aromatic N) is 3. The van der Waals surface area contributed by atoms with Gasteiger partial charge in [0.05, 0.1) is 12.6 Å². The largest absolute Gasteiger partial charge is 0.368 e. The molecule has 0 aromatic heterocycles. The fourth-order valence-electron chi connectivity index (χ4n) is 3.62. The predicted molar refractivity (Wildman–Crippen MR) is 99.5 cm³/mol. The van der Waals surface area contributed by atoms with Gasteiger partial charge < -0.3 is 14.5 Å². The van der Waals surface area contributed by atoms with Crippen molar-refractivity contribution >= 4 is 11.8 Å². The topological polar surface area (TPSA) is 53.1 Å². The number of carbonyl (C=O) groups excluding carboxylic acids is 2. The first-order chi connectivity index (χ1) is 13.4. The Kier molecular flexibility index (Phi) is 6.61. The van der Waals surface area contributed by atoms with E-state index >= 15 is 0 Å². The van der Waals surface area contributed by atoms with E-state index in [1.807, 2.05) is 9.80 Å². The third kappa shape index (κ3) is 4.67. The summed E-state index contributed by atoms with van der Waals surface area (Å²) in [5.74, 6) is -1.87. The fraction of sp³-hybridized carbons (Fsp3) is 0.600. The van der Waals surface area contributed by atoms with Crippen LogP contribution in [0.5, 0.6) is 0 Å². The normalized spacial score (nSPS) is 21.6. The van der Waals surface area contributed by atoms with Gasteiger partial charge in [-0.2, -0.15) is 0 Å². The number of ether oxygens (including phenoxy) is 1. The molecule has 0 spiro atoms. The van der Waals surface area contributed by atoms with Crippen LogP contribution >= 0.6 is 0 Å². The average Bonchev–Trinajstić information content (AvgIpc) is 3.23.